The average molecular weight is 527 g/mol. The van der Waals surface area contributed by atoms with Gasteiger partial charge in [-0.05, 0) is 81.5 Å². The quantitative estimate of drug-likeness (QED) is 0.230. The minimum Gasteiger partial charge on any atom is -0.147 e. The first kappa shape index (κ1) is 25.9. The second-order valence-electron chi connectivity index (χ2n) is 7.99. The van der Waals surface area contributed by atoms with Gasteiger partial charge in [-0.1, -0.05) is 86.5 Å². The molecule has 5 rings (SSSR count). The second kappa shape index (κ2) is 11.5. The van der Waals surface area contributed by atoms with Crippen LogP contribution >= 0.6 is 24.8 Å². The molecule has 158 valence electrons. The Kier molecular flexibility index (Phi) is 9.56. The Morgan fingerprint density at radius 2 is 1.55 bits per heavy atom. The number of halogens is 2. The van der Waals surface area contributed by atoms with Gasteiger partial charge in [0.2, 0.25) is 0 Å². The molecule has 0 aliphatic heterocycles. The van der Waals surface area contributed by atoms with Crippen LogP contribution in [0.1, 0.15) is 59.6 Å². The topological polar surface area (TPSA) is 0 Å². The van der Waals surface area contributed by atoms with E-state index < -0.39 is 0 Å². The molecule has 3 heteroatoms. The van der Waals surface area contributed by atoms with E-state index in [1.165, 1.54) is 62.9 Å². The molecule has 3 aromatic carbocycles. The maximum Gasteiger partial charge on any atom is 0 e. The summed E-state index contributed by atoms with van der Waals surface area (Å²) in [6.45, 7) is 2.26. The molecule has 0 saturated carbocycles. The van der Waals surface area contributed by atoms with Gasteiger partial charge in [0.05, 0.1) is 0 Å². The molecule has 0 spiro atoms. The largest absolute Gasteiger partial charge is 0.147 e. The zero-order valence-corrected chi connectivity index (χ0v) is 21.9. The molecule has 0 radical (unpaired) electrons. The van der Waals surface area contributed by atoms with Gasteiger partial charge in [-0.3, -0.25) is 0 Å². The van der Waals surface area contributed by atoms with E-state index in [1.807, 2.05) is 0 Å². The molecule has 31 heavy (non-hydrogen) atoms. The third kappa shape index (κ3) is 5.17. The predicted octanol–water partition coefficient (Wildman–Crippen LogP) is 8.29. The molecule has 0 aromatic heterocycles. The summed E-state index contributed by atoms with van der Waals surface area (Å²) in [5, 5.41) is 0. The van der Waals surface area contributed by atoms with Gasteiger partial charge in [0.25, 0.3) is 0 Å². The van der Waals surface area contributed by atoms with Crippen LogP contribution in [0.5, 0.6) is 0 Å². The van der Waals surface area contributed by atoms with Crippen molar-refractivity contribution in [1.82, 2.24) is 0 Å². The van der Waals surface area contributed by atoms with Gasteiger partial charge in [-0.2, -0.15) is 0 Å². The minimum absolute atomic E-state index is 0. The van der Waals surface area contributed by atoms with Crippen molar-refractivity contribution in [3.8, 4) is 11.1 Å². The number of hydrogen-bond acceptors (Lipinski definition) is 0. The molecule has 0 bridgehead atoms. The molecule has 0 N–H and O–H groups in total. The van der Waals surface area contributed by atoms with Gasteiger partial charge < -0.3 is 0 Å². The molecule has 2 aliphatic carbocycles. The van der Waals surface area contributed by atoms with Gasteiger partial charge in [0.15, 0.2) is 0 Å². The van der Waals surface area contributed by atoms with Crippen molar-refractivity contribution < 1.29 is 26.2 Å². The predicted molar refractivity (Wildman–Crippen MR) is 135 cm³/mol. The van der Waals surface area contributed by atoms with Crippen LogP contribution in [0.3, 0.4) is 0 Å². The number of rotatable bonds is 5. The van der Waals surface area contributed by atoms with E-state index in [9.17, 15) is 0 Å². The summed E-state index contributed by atoms with van der Waals surface area (Å²) in [4.78, 5) is 0. The first-order chi connectivity index (χ1) is 13.8. The molecule has 2 aliphatic rings. The molecule has 0 amide bonds. The first-order valence-electron chi connectivity index (χ1n) is 10.5. The molecule has 0 atom stereocenters. The summed E-state index contributed by atoms with van der Waals surface area (Å²) in [6, 6.07) is 22.9. The van der Waals surface area contributed by atoms with Crippen LogP contribution < -0.4 is 0 Å². The van der Waals surface area contributed by atoms with Gasteiger partial charge in [-0.15, -0.1) is 24.8 Å². The maximum atomic E-state index is 2.45. The number of allylic oxidation sites excluding steroid dienone is 2. The van der Waals surface area contributed by atoms with Crippen molar-refractivity contribution in [3.05, 3.63) is 106 Å². The second-order valence-corrected chi connectivity index (χ2v) is 7.99. The summed E-state index contributed by atoms with van der Waals surface area (Å²) in [5.74, 6) is 0. The van der Waals surface area contributed by atoms with E-state index >= 15 is 0 Å². The van der Waals surface area contributed by atoms with E-state index in [1.54, 1.807) is 0 Å². The van der Waals surface area contributed by atoms with Crippen LogP contribution in [0.15, 0.2) is 72.8 Å². The molecule has 0 fully saturated rings. The maximum absolute atomic E-state index is 2.45. The van der Waals surface area contributed by atoms with Crippen LogP contribution in [0, 0.1) is 0 Å². The summed E-state index contributed by atoms with van der Waals surface area (Å²) >= 11 is 0. The van der Waals surface area contributed by atoms with Gasteiger partial charge >= 0.3 is 0 Å². The SMILES string of the molecule is CCCC/C=C(/c1ccc2c(c1)C=CC2)c1ccc2c(c1)-c1ccccc1C2.Cl.Cl.[Zr]. The Balaban J connectivity index is 0.00000114. The normalized spacial score (nSPS) is 12.7. The molecule has 0 heterocycles. The molecule has 3 aromatic rings. The van der Waals surface area contributed by atoms with Crippen LogP contribution in [0.2, 0.25) is 0 Å². The molecular weight excluding hydrogens is 498 g/mol. The summed E-state index contributed by atoms with van der Waals surface area (Å²) < 4.78 is 0. The van der Waals surface area contributed by atoms with Gasteiger partial charge in [0.1, 0.15) is 0 Å². The first-order valence-corrected chi connectivity index (χ1v) is 10.5. The third-order valence-corrected chi connectivity index (χ3v) is 6.11. The fraction of sp³-hybridized carbons (Fsp3) is 0.214. The minimum atomic E-state index is 0. The fourth-order valence-corrected chi connectivity index (χ4v) is 4.56. The van der Waals surface area contributed by atoms with E-state index in [2.05, 4.69) is 85.8 Å². The van der Waals surface area contributed by atoms with Crippen LogP contribution in [0.25, 0.3) is 22.8 Å². The number of benzene rings is 3. The van der Waals surface area contributed by atoms with Crippen LogP contribution in [0.4, 0.5) is 0 Å². The Morgan fingerprint density at radius 1 is 0.839 bits per heavy atom. The van der Waals surface area contributed by atoms with Crippen molar-refractivity contribution >= 4 is 36.5 Å². The fourth-order valence-electron chi connectivity index (χ4n) is 4.56. The number of unbranched alkanes of at least 4 members (excludes halogenated alkanes) is 2. The van der Waals surface area contributed by atoms with Gasteiger partial charge in [0, 0.05) is 26.2 Å². The zero-order chi connectivity index (χ0) is 18.9. The van der Waals surface area contributed by atoms with E-state index in [0.29, 0.717) is 0 Å². The van der Waals surface area contributed by atoms with Crippen molar-refractivity contribution in [2.45, 2.75) is 39.0 Å². The smallest absolute Gasteiger partial charge is 0 e. The zero-order valence-electron chi connectivity index (χ0n) is 17.9. The Labute approximate surface area is 217 Å². The number of hydrogen-bond donors (Lipinski definition) is 0. The third-order valence-electron chi connectivity index (χ3n) is 6.11. The molecule has 0 unspecified atom stereocenters. The monoisotopic (exact) mass is 524 g/mol. The van der Waals surface area contributed by atoms with Crippen LogP contribution in [-0.2, 0) is 39.0 Å². The standard InChI is InChI=1S/C28H26.2ClH.Zr/c1-2-3-4-11-26(23-14-13-20-9-7-10-21(20)17-23)25-16-15-24-18-22-8-5-6-12-27(22)28(24)19-25;;;/h5-8,10-17,19H,2-4,9,18H2,1H3;2*1H;/b26-11-;;;. The molecular formula is C28H28Cl2Zr. The average Bonchev–Trinajstić information content (AvgIpc) is 3.34. The van der Waals surface area contributed by atoms with Gasteiger partial charge in [-0.25, -0.2) is 0 Å². The van der Waals surface area contributed by atoms with Crippen molar-refractivity contribution in [2.24, 2.45) is 0 Å². The Morgan fingerprint density at radius 3 is 2.35 bits per heavy atom. The van der Waals surface area contributed by atoms with Crippen molar-refractivity contribution in [1.29, 1.82) is 0 Å². The number of fused-ring (bicyclic) bond motifs is 4. The summed E-state index contributed by atoms with van der Waals surface area (Å²) in [7, 11) is 0. The van der Waals surface area contributed by atoms with E-state index in [4.69, 9.17) is 0 Å². The summed E-state index contributed by atoms with van der Waals surface area (Å²) in [5.41, 5.74) is 12.6. The Hall–Kier alpha value is -1.40. The Bertz CT molecular complexity index is 1110. The molecule has 0 nitrogen and oxygen atoms in total. The van der Waals surface area contributed by atoms with Crippen LogP contribution in [-0.4, -0.2) is 0 Å². The van der Waals surface area contributed by atoms with E-state index in [0.717, 1.165) is 19.3 Å². The summed E-state index contributed by atoms with van der Waals surface area (Å²) in [6.07, 6.45) is 12.7. The van der Waals surface area contributed by atoms with Crippen molar-refractivity contribution in [2.75, 3.05) is 0 Å². The molecule has 0 saturated heterocycles. The van der Waals surface area contributed by atoms with Crippen molar-refractivity contribution in [3.63, 3.8) is 0 Å². The van der Waals surface area contributed by atoms with E-state index in [-0.39, 0.29) is 51.0 Å².